The van der Waals surface area contributed by atoms with Crippen LogP contribution >= 0.6 is 24.8 Å². The van der Waals surface area contributed by atoms with E-state index in [9.17, 15) is 4.79 Å². The highest BCUT2D eigenvalue weighted by Crippen LogP contribution is 2.22. The minimum Gasteiger partial charge on any atom is -0.481 e. The van der Waals surface area contributed by atoms with Crippen molar-refractivity contribution in [3.05, 3.63) is 24.5 Å². The number of hydrogen-bond acceptors (Lipinski definition) is 3. The van der Waals surface area contributed by atoms with Gasteiger partial charge in [0.25, 0.3) is 0 Å². The first-order valence-corrected chi connectivity index (χ1v) is 5.15. The van der Waals surface area contributed by atoms with Crippen molar-refractivity contribution in [2.24, 2.45) is 5.92 Å². The number of aliphatic carboxylic acids is 1. The third-order valence-electron chi connectivity index (χ3n) is 2.86. The number of rotatable bonds is 2. The first kappa shape index (κ1) is 16.0. The van der Waals surface area contributed by atoms with E-state index in [1.54, 1.807) is 6.20 Å². The van der Waals surface area contributed by atoms with Crippen molar-refractivity contribution in [2.75, 3.05) is 18.0 Å². The van der Waals surface area contributed by atoms with Gasteiger partial charge in [-0.05, 0) is 25.0 Å². The van der Waals surface area contributed by atoms with Gasteiger partial charge in [0.2, 0.25) is 0 Å². The number of anilines is 1. The SMILES string of the molecule is Cl.Cl.O=C(O)C1CCN(c2cccnc2)CC1. The Morgan fingerprint density at radius 1 is 1.35 bits per heavy atom. The van der Waals surface area contributed by atoms with Gasteiger partial charge in [0, 0.05) is 19.3 Å². The van der Waals surface area contributed by atoms with E-state index in [1.165, 1.54) is 0 Å². The molecule has 0 radical (unpaired) electrons. The molecule has 4 nitrogen and oxygen atoms in total. The summed E-state index contributed by atoms with van der Waals surface area (Å²) in [5.74, 6) is -0.834. The van der Waals surface area contributed by atoms with Crippen LogP contribution in [0.5, 0.6) is 0 Å². The minimum absolute atomic E-state index is 0. The zero-order valence-corrected chi connectivity index (χ0v) is 10.9. The van der Waals surface area contributed by atoms with Gasteiger partial charge in [-0.15, -0.1) is 24.8 Å². The van der Waals surface area contributed by atoms with Crippen LogP contribution in [-0.4, -0.2) is 29.1 Å². The van der Waals surface area contributed by atoms with Gasteiger partial charge in [0.1, 0.15) is 0 Å². The Morgan fingerprint density at radius 2 is 2.00 bits per heavy atom. The molecule has 0 aromatic carbocycles. The summed E-state index contributed by atoms with van der Waals surface area (Å²) in [4.78, 5) is 17.0. The number of piperidine rings is 1. The van der Waals surface area contributed by atoms with E-state index in [2.05, 4.69) is 9.88 Å². The normalized spacial score (nSPS) is 15.6. The number of carbonyl (C=O) groups is 1. The number of nitrogens with zero attached hydrogens (tertiary/aromatic N) is 2. The van der Waals surface area contributed by atoms with Gasteiger partial charge in [-0.1, -0.05) is 0 Å². The Morgan fingerprint density at radius 3 is 2.47 bits per heavy atom. The molecule has 1 aromatic heterocycles. The molecule has 1 fully saturated rings. The van der Waals surface area contributed by atoms with Gasteiger partial charge in [-0.25, -0.2) is 0 Å². The van der Waals surface area contributed by atoms with Crippen LogP contribution in [0.3, 0.4) is 0 Å². The molecular formula is C11H16Cl2N2O2. The van der Waals surface area contributed by atoms with Crippen molar-refractivity contribution < 1.29 is 9.90 Å². The molecule has 1 aromatic rings. The van der Waals surface area contributed by atoms with Crippen LogP contribution < -0.4 is 4.90 Å². The average Bonchev–Trinajstić information content (AvgIpc) is 2.30. The smallest absolute Gasteiger partial charge is 0.306 e. The summed E-state index contributed by atoms with van der Waals surface area (Å²) in [7, 11) is 0. The lowest BCUT2D eigenvalue weighted by Crippen LogP contribution is -2.36. The molecule has 2 rings (SSSR count). The van der Waals surface area contributed by atoms with E-state index in [0.717, 1.165) is 31.6 Å². The third-order valence-corrected chi connectivity index (χ3v) is 2.86. The molecule has 1 aliphatic heterocycles. The second-order valence-corrected chi connectivity index (χ2v) is 3.81. The third kappa shape index (κ3) is 4.06. The number of aromatic nitrogens is 1. The molecule has 2 heterocycles. The maximum atomic E-state index is 10.8. The number of carboxylic acids is 1. The summed E-state index contributed by atoms with van der Waals surface area (Å²) in [6, 6.07) is 3.91. The second-order valence-electron chi connectivity index (χ2n) is 3.81. The molecule has 6 heteroatoms. The van der Waals surface area contributed by atoms with E-state index in [-0.39, 0.29) is 30.7 Å². The number of halogens is 2. The van der Waals surface area contributed by atoms with Crippen LogP contribution in [-0.2, 0) is 4.79 Å². The molecule has 96 valence electrons. The molecule has 0 amide bonds. The molecule has 1 aliphatic rings. The van der Waals surface area contributed by atoms with Crippen molar-refractivity contribution in [1.29, 1.82) is 0 Å². The molecule has 1 N–H and O–H groups in total. The van der Waals surface area contributed by atoms with Gasteiger partial charge >= 0.3 is 5.97 Å². The van der Waals surface area contributed by atoms with Gasteiger partial charge in [0.05, 0.1) is 17.8 Å². The highest BCUT2D eigenvalue weighted by molar-refractivity contribution is 5.85. The Kier molecular flexibility index (Phi) is 6.92. The second kappa shape index (κ2) is 7.35. The molecular weight excluding hydrogens is 263 g/mol. The lowest BCUT2D eigenvalue weighted by molar-refractivity contribution is -0.142. The molecule has 0 unspecified atom stereocenters. The predicted octanol–water partition coefficient (Wildman–Crippen LogP) is 2.23. The van der Waals surface area contributed by atoms with Crippen LogP contribution in [0.2, 0.25) is 0 Å². The molecule has 0 saturated carbocycles. The summed E-state index contributed by atoms with van der Waals surface area (Å²) in [5, 5.41) is 8.86. The molecule has 17 heavy (non-hydrogen) atoms. The van der Waals surface area contributed by atoms with Gasteiger partial charge < -0.3 is 10.0 Å². The summed E-state index contributed by atoms with van der Waals surface area (Å²) < 4.78 is 0. The predicted molar refractivity (Wildman–Crippen MR) is 71.3 cm³/mol. The molecule has 1 saturated heterocycles. The van der Waals surface area contributed by atoms with Crippen molar-refractivity contribution in [2.45, 2.75) is 12.8 Å². The van der Waals surface area contributed by atoms with Gasteiger partial charge in [-0.2, -0.15) is 0 Å². The topological polar surface area (TPSA) is 53.4 Å². The standard InChI is InChI=1S/C11H14N2O2.2ClH/c14-11(15)9-3-6-13(7-4-9)10-2-1-5-12-8-10;;/h1-2,5,8-9H,3-4,6-7H2,(H,14,15);2*1H. The zero-order valence-electron chi connectivity index (χ0n) is 9.28. The monoisotopic (exact) mass is 278 g/mol. The lowest BCUT2D eigenvalue weighted by atomic mass is 9.97. The highest BCUT2D eigenvalue weighted by Gasteiger charge is 2.24. The first-order valence-electron chi connectivity index (χ1n) is 5.15. The Labute approximate surface area is 113 Å². The van der Waals surface area contributed by atoms with Gasteiger partial charge in [0.15, 0.2) is 0 Å². The Balaban J connectivity index is 0.00000128. The summed E-state index contributed by atoms with van der Waals surface area (Å²) >= 11 is 0. The quantitative estimate of drug-likeness (QED) is 0.902. The van der Waals surface area contributed by atoms with E-state index >= 15 is 0 Å². The van der Waals surface area contributed by atoms with Crippen molar-refractivity contribution in [1.82, 2.24) is 4.98 Å². The minimum atomic E-state index is -0.666. The number of hydrogen-bond donors (Lipinski definition) is 1. The van der Waals surface area contributed by atoms with Crippen molar-refractivity contribution in [3.63, 3.8) is 0 Å². The Hall–Kier alpha value is -1.00. The highest BCUT2D eigenvalue weighted by atomic mass is 35.5. The fourth-order valence-electron chi connectivity index (χ4n) is 1.93. The fraction of sp³-hybridized carbons (Fsp3) is 0.455. The average molecular weight is 279 g/mol. The zero-order chi connectivity index (χ0) is 10.7. The molecule has 0 spiro atoms. The summed E-state index contributed by atoms with van der Waals surface area (Å²) in [5.41, 5.74) is 1.08. The van der Waals surface area contributed by atoms with E-state index in [1.807, 2.05) is 18.3 Å². The number of carboxylic acid groups (broad SMARTS) is 1. The van der Waals surface area contributed by atoms with Crippen LogP contribution in [0, 0.1) is 5.92 Å². The van der Waals surface area contributed by atoms with Crippen LogP contribution in [0.25, 0.3) is 0 Å². The maximum absolute atomic E-state index is 10.8. The van der Waals surface area contributed by atoms with Gasteiger partial charge in [-0.3, -0.25) is 9.78 Å². The van der Waals surface area contributed by atoms with Crippen LogP contribution in [0.15, 0.2) is 24.5 Å². The largest absolute Gasteiger partial charge is 0.481 e. The van der Waals surface area contributed by atoms with E-state index in [4.69, 9.17) is 5.11 Å². The van der Waals surface area contributed by atoms with E-state index in [0.29, 0.717) is 0 Å². The Bertz CT molecular complexity index is 341. The fourth-order valence-corrected chi connectivity index (χ4v) is 1.93. The molecule has 0 aliphatic carbocycles. The maximum Gasteiger partial charge on any atom is 0.306 e. The van der Waals surface area contributed by atoms with E-state index < -0.39 is 5.97 Å². The van der Waals surface area contributed by atoms with Crippen molar-refractivity contribution >= 4 is 36.5 Å². The van der Waals surface area contributed by atoms with Crippen molar-refractivity contribution in [3.8, 4) is 0 Å². The van der Waals surface area contributed by atoms with Crippen LogP contribution in [0.4, 0.5) is 5.69 Å². The summed E-state index contributed by atoms with van der Waals surface area (Å²) in [6.07, 6.45) is 5.02. The molecule has 0 bridgehead atoms. The summed E-state index contributed by atoms with van der Waals surface area (Å²) in [6.45, 7) is 1.62. The first-order chi connectivity index (χ1) is 7.27. The lowest BCUT2D eigenvalue weighted by Gasteiger charge is -2.31. The number of pyridine rings is 1. The molecule has 0 atom stereocenters. The van der Waals surface area contributed by atoms with Crippen LogP contribution in [0.1, 0.15) is 12.8 Å².